The maximum atomic E-state index is 12.9. The molecular formula is C11H13F2NO2. The Balaban J connectivity index is 2.62. The van der Waals surface area contributed by atoms with Gasteiger partial charge in [-0.2, -0.15) is 0 Å². The zero-order chi connectivity index (χ0) is 12.1. The van der Waals surface area contributed by atoms with Crippen molar-refractivity contribution in [3.05, 3.63) is 36.0 Å². The number of halogens is 2. The van der Waals surface area contributed by atoms with E-state index in [0.717, 1.165) is 17.2 Å². The predicted molar refractivity (Wildman–Crippen MR) is 55.9 cm³/mol. The topological polar surface area (TPSA) is 29.5 Å². The summed E-state index contributed by atoms with van der Waals surface area (Å²) >= 11 is 0. The number of amides is 1. The minimum atomic E-state index is -1.65. The molecule has 5 heteroatoms. The standard InChI is InChI=1S/C11H13F2NO2/c1-14(16-2)11(15)6-4-8-3-5-9(12)10(13)7-8/h3-7,9-10H,1-2H3. The lowest BCUT2D eigenvalue weighted by molar-refractivity contribution is -0.162. The number of hydroxylamine groups is 2. The van der Waals surface area contributed by atoms with Gasteiger partial charge in [-0.3, -0.25) is 9.63 Å². The number of rotatable bonds is 3. The minimum absolute atomic E-state index is 0.380. The molecule has 0 saturated carbocycles. The van der Waals surface area contributed by atoms with Crippen molar-refractivity contribution in [2.75, 3.05) is 14.2 Å². The third-order valence-electron chi connectivity index (χ3n) is 2.13. The van der Waals surface area contributed by atoms with Crippen molar-refractivity contribution in [1.29, 1.82) is 0 Å². The van der Waals surface area contributed by atoms with Crippen LogP contribution in [-0.4, -0.2) is 37.5 Å². The molecule has 0 saturated heterocycles. The van der Waals surface area contributed by atoms with Crippen molar-refractivity contribution in [2.24, 2.45) is 0 Å². The number of hydrogen-bond acceptors (Lipinski definition) is 2. The molecule has 0 aliphatic heterocycles. The normalized spacial score (nSPS) is 24.6. The molecule has 0 bridgehead atoms. The van der Waals surface area contributed by atoms with Crippen molar-refractivity contribution in [3.63, 3.8) is 0 Å². The predicted octanol–water partition coefficient (Wildman–Crippen LogP) is 1.73. The average molecular weight is 229 g/mol. The van der Waals surface area contributed by atoms with Crippen molar-refractivity contribution >= 4 is 5.91 Å². The van der Waals surface area contributed by atoms with Crippen LogP contribution in [0, 0.1) is 0 Å². The van der Waals surface area contributed by atoms with Crippen molar-refractivity contribution in [1.82, 2.24) is 5.06 Å². The van der Waals surface area contributed by atoms with E-state index in [1.54, 1.807) is 0 Å². The molecule has 0 heterocycles. The number of likely N-dealkylation sites (N-methyl/N-ethyl adjacent to an activating group) is 1. The van der Waals surface area contributed by atoms with Crippen molar-refractivity contribution in [2.45, 2.75) is 12.3 Å². The monoisotopic (exact) mass is 229 g/mol. The average Bonchev–Trinajstić information content (AvgIpc) is 2.29. The number of alkyl halides is 2. The Morgan fingerprint density at radius 1 is 1.50 bits per heavy atom. The van der Waals surface area contributed by atoms with E-state index in [1.165, 1.54) is 32.4 Å². The van der Waals surface area contributed by atoms with Gasteiger partial charge in [0.05, 0.1) is 7.11 Å². The fourth-order valence-electron chi connectivity index (χ4n) is 1.11. The molecule has 0 fully saturated rings. The molecule has 0 aromatic carbocycles. The lowest BCUT2D eigenvalue weighted by atomic mass is 10.0. The summed E-state index contributed by atoms with van der Waals surface area (Å²) in [4.78, 5) is 15.9. The second kappa shape index (κ2) is 5.55. The molecule has 0 radical (unpaired) electrons. The van der Waals surface area contributed by atoms with Gasteiger partial charge in [-0.1, -0.05) is 6.08 Å². The van der Waals surface area contributed by atoms with Gasteiger partial charge in [0.25, 0.3) is 5.91 Å². The van der Waals surface area contributed by atoms with Crippen LogP contribution in [0.3, 0.4) is 0 Å². The molecule has 0 aromatic heterocycles. The first-order valence-corrected chi connectivity index (χ1v) is 4.72. The summed E-state index contributed by atoms with van der Waals surface area (Å²) in [7, 11) is 2.81. The van der Waals surface area contributed by atoms with Crippen molar-refractivity contribution < 1.29 is 18.4 Å². The molecule has 88 valence electrons. The molecule has 0 spiro atoms. The second-order valence-electron chi connectivity index (χ2n) is 3.27. The smallest absolute Gasteiger partial charge is 0.269 e. The third kappa shape index (κ3) is 3.27. The number of allylic oxidation sites excluding steroid dienone is 5. The molecule has 1 aliphatic carbocycles. The highest BCUT2D eigenvalue weighted by Gasteiger charge is 2.18. The van der Waals surface area contributed by atoms with Crippen LogP contribution in [0.25, 0.3) is 0 Å². The van der Waals surface area contributed by atoms with Gasteiger partial charge in [-0.25, -0.2) is 13.8 Å². The Morgan fingerprint density at radius 2 is 2.19 bits per heavy atom. The van der Waals surface area contributed by atoms with Gasteiger partial charge in [0.2, 0.25) is 0 Å². The molecule has 16 heavy (non-hydrogen) atoms. The van der Waals surface area contributed by atoms with Gasteiger partial charge in [-0.15, -0.1) is 0 Å². The van der Waals surface area contributed by atoms with Gasteiger partial charge in [-0.05, 0) is 23.8 Å². The summed E-state index contributed by atoms with van der Waals surface area (Å²) in [5, 5.41) is 1.02. The Morgan fingerprint density at radius 3 is 2.75 bits per heavy atom. The highest BCUT2D eigenvalue weighted by molar-refractivity contribution is 5.87. The molecule has 1 amide bonds. The molecule has 3 nitrogen and oxygen atoms in total. The van der Waals surface area contributed by atoms with Crippen LogP contribution in [0.5, 0.6) is 0 Å². The quantitative estimate of drug-likeness (QED) is 0.545. The van der Waals surface area contributed by atoms with Crippen molar-refractivity contribution in [3.8, 4) is 0 Å². The van der Waals surface area contributed by atoms with Crippen LogP contribution in [0.15, 0.2) is 36.0 Å². The molecule has 0 aromatic rings. The van der Waals surface area contributed by atoms with Crippen LogP contribution in [0.2, 0.25) is 0 Å². The largest absolute Gasteiger partial charge is 0.274 e. The summed E-state index contributed by atoms with van der Waals surface area (Å²) in [5.41, 5.74) is 0.458. The van der Waals surface area contributed by atoms with Crippen LogP contribution in [-0.2, 0) is 9.63 Å². The Kier molecular flexibility index (Phi) is 4.37. The van der Waals surface area contributed by atoms with Gasteiger partial charge in [0.15, 0.2) is 12.3 Å². The van der Waals surface area contributed by atoms with Gasteiger partial charge < -0.3 is 0 Å². The van der Waals surface area contributed by atoms with E-state index in [-0.39, 0.29) is 5.91 Å². The summed E-state index contributed by atoms with van der Waals surface area (Å²) in [5.74, 6) is -0.380. The maximum Gasteiger partial charge on any atom is 0.269 e. The molecule has 2 atom stereocenters. The number of carbonyl (C=O) groups is 1. The van der Waals surface area contributed by atoms with E-state index in [0.29, 0.717) is 5.57 Å². The highest BCUT2D eigenvalue weighted by Crippen LogP contribution is 2.17. The highest BCUT2D eigenvalue weighted by atomic mass is 19.2. The first-order valence-electron chi connectivity index (χ1n) is 4.72. The number of carbonyl (C=O) groups excluding carboxylic acids is 1. The van der Waals surface area contributed by atoms with Crippen LogP contribution in [0.1, 0.15) is 0 Å². The first-order chi connectivity index (χ1) is 7.54. The second-order valence-corrected chi connectivity index (χ2v) is 3.27. The van der Waals surface area contributed by atoms with Crippen LogP contribution < -0.4 is 0 Å². The molecule has 1 aliphatic rings. The van der Waals surface area contributed by atoms with E-state index < -0.39 is 12.3 Å². The molecular weight excluding hydrogens is 216 g/mol. The number of nitrogens with zero attached hydrogens (tertiary/aromatic N) is 1. The fraction of sp³-hybridized carbons (Fsp3) is 0.364. The summed E-state index contributed by atoms with van der Waals surface area (Å²) in [6.07, 6.45) is 3.06. The molecule has 2 unspecified atom stereocenters. The van der Waals surface area contributed by atoms with E-state index in [9.17, 15) is 13.6 Å². The molecule has 0 N–H and O–H groups in total. The van der Waals surface area contributed by atoms with Gasteiger partial charge in [0.1, 0.15) is 0 Å². The van der Waals surface area contributed by atoms with E-state index >= 15 is 0 Å². The summed E-state index contributed by atoms with van der Waals surface area (Å²) < 4.78 is 25.6. The first kappa shape index (κ1) is 12.6. The maximum absolute atomic E-state index is 12.9. The van der Waals surface area contributed by atoms with E-state index in [4.69, 9.17) is 0 Å². The Hall–Kier alpha value is -1.49. The fourth-order valence-corrected chi connectivity index (χ4v) is 1.11. The summed E-state index contributed by atoms with van der Waals surface area (Å²) in [6, 6.07) is 0. The number of hydrogen-bond donors (Lipinski definition) is 0. The third-order valence-corrected chi connectivity index (χ3v) is 2.13. The SMILES string of the molecule is CON(C)C(=O)C=CC1=CC(F)C(F)C=C1. The van der Waals surface area contributed by atoms with Gasteiger partial charge >= 0.3 is 0 Å². The summed E-state index contributed by atoms with van der Waals surface area (Å²) in [6.45, 7) is 0. The Bertz CT molecular complexity index is 350. The Labute approximate surface area is 92.6 Å². The lowest BCUT2D eigenvalue weighted by Gasteiger charge is -2.12. The van der Waals surface area contributed by atoms with E-state index in [2.05, 4.69) is 4.84 Å². The van der Waals surface area contributed by atoms with E-state index in [1.807, 2.05) is 0 Å². The van der Waals surface area contributed by atoms with Crippen LogP contribution in [0.4, 0.5) is 8.78 Å². The van der Waals surface area contributed by atoms with Gasteiger partial charge in [0, 0.05) is 13.1 Å². The zero-order valence-corrected chi connectivity index (χ0v) is 9.06. The van der Waals surface area contributed by atoms with Crippen LogP contribution >= 0.6 is 0 Å². The molecule has 1 rings (SSSR count). The zero-order valence-electron chi connectivity index (χ0n) is 9.06. The lowest BCUT2D eigenvalue weighted by Crippen LogP contribution is -2.23. The minimum Gasteiger partial charge on any atom is -0.274 e.